The van der Waals surface area contributed by atoms with E-state index in [4.69, 9.17) is 4.74 Å². The zero-order valence-corrected chi connectivity index (χ0v) is 19.0. The molecule has 0 aliphatic carbocycles. The third-order valence-corrected chi connectivity index (χ3v) is 7.24. The molecule has 7 nitrogen and oxygen atoms in total. The first-order valence-electron chi connectivity index (χ1n) is 11.8. The Morgan fingerprint density at radius 1 is 1.06 bits per heavy atom. The van der Waals surface area contributed by atoms with Gasteiger partial charge in [0.05, 0.1) is 24.3 Å². The lowest BCUT2D eigenvalue weighted by Crippen LogP contribution is -2.58. The van der Waals surface area contributed by atoms with E-state index in [1.54, 1.807) is 6.07 Å². The Bertz CT molecular complexity index is 768. The minimum atomic E-state index is -4.36. The molecule has 0 aromatic heterocycles. The Morgan fingerprint density at radius 2 is 1.76 bits per heavy atom. The number of nitrogens with one attached hydrogen (secondary N) is 1. The molecular formula is C23H35F3N4O3. The van der Waals surface area contributed by atoms with Crippen LogP contribution in [-0.4, -0.2) is 110 Å². The maximum Gasteiger partial charge on any atom is 0.416 e. The molecule has 0 bridgehead atoms. The van der Waals surface area contributed by atoms with Gasteiger partial charge in [0.1, 0.15) is 12.2 Å². The fourth-order valence-electron chi connectivity index (χ4n) is 5.25. The van der Waals surface area contributed by atoms with Crippen molar-refractivity contribution in [3.63, 3.8) is 0 Å². The molecule has 4 atom stereocenters. The van der Waals surface area contributed by atoms with Crippen molar-refractivity contribution in [1.82, 2.24) is 15.1 Å². The number of piperazine rings is 1. The van der Waals surface area contributed by atoms with E-state index >= 15 is 0 Å². The number of rotatable bonds is 6. The van der Waals surface area contributed by atoms with Crippen molar-refractivity contribution < 1.29 is 28.1 Å². The molecule has 0 amide bonds. The number of nitrogens with zero attached hydrogens (tertiary/aromatic N) is 3. The van der Waals surface area contributed by atoms with Crippen LogP contribution < -0.4 is 10.2 Å². The summed E-state index contributed by atoms with van der Waals surface area (Å²) >= 11 is 0. The number of alkyl halides is 3. The lowest BCUT2D eigenvalue weighted by atomic mass is 10.00. The normalized spacial score (nSPS) is 30.8. The SMILES string of the molecule is CN1CCC(NC[C@@H]2O[C@@H](CO)[C@@H](O)[C@H]2N2CCN(c3cccc(C(F)(F)F)c3)CC2)CC1. The van der Waals surface area contributed by atoms with E-state index in [-0.39, 0.29) is 18.8 Å². The highest BCUT2D eigenvalue weighted by molar-refractivity contribution is 5.49. The van der Waals surface area contributed by atoms with Crippen molar-refractivity contribution in [2.24, 2.45) is 0 Å². The number of hydrogen-bond donors (Lipinski definition) is 3. The largest absolute Gasteiger partial charge is 0.416 e. The van der Waals surface area contributed by atoms with Crippen LogP contribution in [0.3, 0.4) is 0 Å². The first-order chi connectivity index (χ1) is 15.8. The fourth-order valence-corrected chi connectivity index (χ4v) is 5.25. The summed E-state index contributed by atoms with van der Waals surface area (Å²) in [6, 6.07) is 5.57. The number of hydrogen-bond acceptors (Lipinski definition) is 7. The van der Waals surface area contributed by atoms with Crippen molar-refractivity contribution in [2.75, 3.05) is 64.4 Å². The summed E-state index contributed by atoms with van der Waals surface area (Å²) in [6.45, 7) is 4.77. The van der Waals surface area contributed by atoms with Crippen LogP contribution >= 0.6 is 0 Å². The number of piperidine rings is 1. The Balaban J connectivity index is 1.36. The van der Waals surface area contributed by atoms with Gasteiger partial charge >= 0.3 is 6.18 Å². The van der Waals surface area contributed by atoms with E-state index in [2.05, 4.69) is 22.2 Å². The summed E-state index contributed by atoms with van der Waals surface area (Å²) in [5.41, 5.74) is -0.0886. The third-order valence-electron chi connectivity index (χ3n) is 7.24. The molecule has 0 saturated carbocycles. The van der Waals surface area contributed by atoms with Gasteiger partial charge in [0, 0.05) is 44.5 Å². The standard InChI is InChI=1S/C23H35F3N4O3/c1-28-7-5-17(6-8-28)27-14-19-21(22(32)20(15-31)33-19)30-11-9-29(10-12-30)18-4-2-3-16(13-18)23(24,25)26/h2-4,13,17,19-22,27,31-32H,5-12,14-15H2,1H3/t19-,20-,21-,22+/m0/s1. The third kappa shape index (κ3) is 5.80. The van der Waals surface area contributed by atoms with Crippen LogP contribution in [-0.2, 0) is 10.9 Å². The number of likely N-dealkylation sites (tertiary alicyclic amines) is 1. The lowest BCUT2D eigenvalue weighted by Gasteiger charge is -2.41. The highest BCUT2D eigenvalue weighted by Gasteiger charge is 2.46. The van der Waals surface area contributed by atoms with Gasteiger partial charge in [-0.2, -0.15) is 13.2 Å². The summed E-state index contributed by atoms with van der Waals surface area (Å²) < 4.78 is 45.3. The van der Waals surface area contributed by atoms with E-state index < -0.39 is 23.9 Å². The molecule has 1 aromatic rings. The van der Waals surface area contributed by atoms with Crippen LogP contribution in [0.15, 0.2) is 24.3 Å². The van der Waals surface area contributed by atoms with Gasteiger partial charge < -0.3 is 30.1 Å². The van der Waals surface area contributed by atoms with Gasteiger partial charge in [0.2, 0.25) is 0 Å². The summed E-state index contributed by atoms with van der Waals surface area (Å²) in [5.74, 6) is 0. The van der Waals surface area contributed by atoms with Gasteiger partial charge in [-0.05, 0) is 51.2 Å². The van der Waals surface area contributed by atoms with E-state index in [0.717, 1.165) is 32.0 Å². The number of aliphatic hydroxyl groups excluding tert-OH is 2. The van der Waals surface area contributed by atoms with E-state index in [1.807, 2.05) is 4.90 Å². The molecule has 3 N–H and O–H groups in total. The predicted octanol–water partition coefficient (Wildman–Crippen LogP) is 1.00. The van der Waals surface area contributed by atoms with Gasteiger partial charge in [0.25, 0.3) is 0 Å². The molecule has 4 rings (SSSR count). The van der Waals surface area contributed by atoms with Crippen LogP contribution in [0.25, 0.3) is 0 Å². The minimum Gasteiger partial charge on any atom is -0.394 e. The van der Waals surface area contributed by atoms with Crippen LogP contribution in [0.2, 0.25) is 0 Å². The van der Waals surface area contributed by atoms with E-state index in [1.165, 1.54) is 12.1 Å². The minimum absolute atomic E-state index is 0.243. The number of anilines is 1. The predicted molar refractivity (Wildman–Crippen MR) is 119 cm³/mol. The average Bonchev–Trinajstić information content (AvgIpc) is 3.13. The Hall–Kier alpha value is -1.43. The van der Waals surface area contributed by atoms with E-state index in [0.29, 0.717) is 44.5 Å². The van der Waals surface area contributed by atoms with Crippen LogP contribution in [0.1, 0.15) is 18.4 Å². The second-order valence-corrected chi connectivity index (χ2v) is 9.43. The van der Waals surface area contributed by atoms with Crippen LogP contribution in [0, 0.1) is 0 Å². The Labute approximate surface area is 193 Å². The first kappa shape index (κ1) is 24.7. The summed E-state index contributed by atoms with van der Waals surface area (Å²) in [6.07, 6.45) is -3.92. The Morgan fingerprint density at radius 3 is 2.39 bits per heavy atom. The summed E-state index contributed by atoms with van der Waals surface area (Å²) in [4.78, 5) is 6.41. The van der Waals surface area contributed by atoms with Gasteiger partial charge in [-0.1, -0.05) is 6.07 Å². The van der Waals surface area contributed by atoms with Crippen molar-refractivity contribution >= 4 is 5.69 Å². The maximum absolute atomic E-state index is 13.1. The summed E-state index contributed by atoms with van der Waals surface area (Å²) in [7, 11) is 2.12. The molecule has 0 unspecified atom stereocenters. The molecule has 3 saturated heterocycles. The monoisotopic (exact) mass is 472 g/mol. The molecule has 3 fully saturated rings. The summed E-state index contributed by atoms with van der Waals surface area (Å²) in [5, 5.41) is 24.1. The molecule has 33 heavy (non-hydrogen) atoms. The molecule has 3 heterocycles. The number of aliphatic hydroxyl groups is 2. The van der Waals surface area contributed by atoms with Crippen molar-refractivity contribution in [1.29, 1.82) is 0 Å². The zero-order chi connectivity index (χ0) is 23.6. The topological polar surface area (TPSA) is 71.4 Å². The maximum atomic E-state index is 13.1. The smallest absolute Gasteiger partial charge is 0.394 e. The molecule has 1 aromatic carbocycles. The van der Waals surface area contributed by atoms with Crippen molar-refractivity contribution in [2.45, 2.75) is 49.4 Å². The average molecular weight is 473 g/mol. The Kier molecular flexibility index (Phi) is 7.82. The highest BCUT2D eigenvalue weighted by Crippen LogP contribution is 2.32. The zero-order valence-electron chi connectivity index (χ0n) is 19.0. The molecule has 0 spiro atoms. The molecule has 10 heteroatoms. The van der Waals surface area contributed by atoms with Crippen LogP contribution in [0.4, 0.5) is 18.9 Å². The molecule has 186 valence electrons. The second kappa shape index (κ2) is 10.5. The number of ether oxygens (including phenoxy) is 1. The van der Waals surface area contributed by atoms with Gasteiger partial charge in [0.15, 0.2) is 0 Å². The van der Waals surface area contributed by atoms with Gasteiger partial charge in [-0.3, -0.25) is 4.90 Å². The van der Waals surface area contributed by atoms with Crippen molar-refractivity contribution in [3.8, 4) is 0 Å². The second-order valence-electron chi connectivity index (χ2n) is 9.43. The fraction of sp³-hybridized carbons (Fsp3) is 0.739. The van der Waals surface area contributed by atoms with E-state index in [9.17, 15) is 23.4 Å². The highest BCUT2D eigenvalue weighted by atomic mass is 19.4. The molecule has 0 radical (unpaired) electrons. The molecular weight excluding hydrogens is 437 g/mol. The molecule has 3 aliphatic heterocycles. The number of benzene rings is 1. The van der Waals surface area contributed by atoms with Crippen LogP contribution in [0.5, 0.6) is 0 Å². The molecule has 3 aliphatic rings. The van der Waals surface area contributed by atoms with Gasteiger partial charge in [-0.15, -0.1) is 0 Å². The first-order valence-corrected chi connectivity index (χ1v) is 11.8. The number of halogens is 3. The lowest BCUT2D eigenvalue weighted by molar-refractivity contribution is -0.137. The van der Waals surface area contributed by atoms with Crippen molar-refractivity contribution in [3.05, 3.63) is 29.8 Å². The van der Waals surface area contributed by atoms with Gasteiger partial charge in [-0.25, -0.2) is 0 Å². The quantitative estimate of drug-likeness (QED) is 0.571.